The molecule has 5 heteroatoms. The molecule has 0 spiro atoms. The van der Waals surface area contributed by atoms with Crippen LogP contribution in [0.2, 0.25) is 0 Å². The number of halogens is 1. The van der Waals surface area contributed by atoms with E-state index in [-0.39, 0.29) is 25.1 Å². The molecule has 0 aliphatic carbocycles. The van der Waals surface area contributed by atoms with Crippen LogP contribution in [-0.2, 0) is 0 Å². The summed E-state index contributed by atoms with van der Waals surface area (Å²) in [6.07, 6.45) is -0.612. The zero-order chi connectivity index (χ0) is 13.5. The second-order valence-electron chi connectivity index (χ2n) is 4.60. The number of nitriles is 1. The van der Waals surface area contributed by atoms with E-state index >= 15 is 0 Å². The maximum Gasteiger partial charge on any atom is 0.137 e. The van der Waals surface area contributed by atoms with Gasteiger partial charge < -0.3 is 15.2 Å². The number of nitrogens with one attached hydrogen (secondary N) is 1. The van der Waals surface area contributed by atoms with E-state index in [1.54, 1.807) is 24.3 Å². The van der Waals surface area contributed by atoms with E-state index in [1.165, 1.54) is 0 Å². The van der Waals surface area contributed by atoms with Crippen LogP contribution in [0.25, 0.3) is 0 Å². The minimum atomic E-state index is -0.612. The highest BCUT2D eigenvalue weighted by atomic mass is 35.5. The van der Waals surface area contributed by atoms with Gasteiger partial charge >= 0.3 is 0 Å². The largest absolute Gasteiger partial charge is 0.489 e. The second kappa shape index (κ2) is 8.76. The van der Waals surface area contributed by atoms with Crippen LogP contribution in [0, 0.1) is 11.3 Å². The average Bonchev–Trinajstić information content (AvgIpc) is 2.35. The molecule has 0 saturated heterocycles. The quantitative estimate of drug-likeness (QED) is 0.840. The van der Waals surface area contributed by atoms with Crippen molar-refractivity contribution >= 4 is 12.4 Å². The highest BCUT2D eigenvalue weighted by Crippen LogP contribution is 2.16. The summed E-state index contributed by atoms with van der Waals surface area (Å²) in [5, 5.41) is 22.0. The number of ether oxygens (including phenoxy) is 1. The van der Waals surface area contributed by atoms with Gasteiger partial charge in [-0.1, -0.05) is 26.0 Å². The summed E-state index contributed by atoms with van der Waals surface area (Å²) in [5.74, 6) is 0.510. The zero-order valence-electron chi connectivity index (χ0n) is 11.5. The lowest BCUT2D eigenvalue weighted by Crippen LogP contribution is -2.43. The maximum absolute atomic E-state index is 9.92. The predicted octanol–water partition coefficient (Wildman–Crippen LogP) is 2.11. The van der Waals surface area contributed by atoms with Crippen molar-refractivity contribution in [1.82, 2.24) is 5.32 Å². The molecule has 0 fully saturated rings. The van der Waals surface area contributed by atoms with Crippen LogP contribution < -0.4 is 10.1 Å². The van der Waals surface area contributed by atoms with Gasteiger partial charge in [-0.15, -0.1) is 12.4 Å². The van der Waals surface area contributed by atoms with Gasteiger partial charge in [0.05, 0.1) is 5.56 Å². The van der Waals surface area contributed by atoms with Gasteiger partial charge in [-0.25, -0.2) is 0 Å². The normalized spacial score (nSPS) is 13.3. The smallest absolute Gasteiger partial charge is 0.137 e. The SMILES string of the molecule is CC(C)NC(C)C(O)COc1ccccc1C#N.Cl. The summed E-state index contributed by atoms with van der Waals surface area (Å²) in [5.41, 5.74) is 0.481. The molecule has 1 rings (SSSR count). The van der Waals surface area contributed by atoms with Gasteiger partial charge in [0.15, 0.2) is 0 Å². The van der Waals surface area contributed by atoms with Crippen LogP contribution in [-0.4, -0.2) is 29.9 Å². The van der Waals surface area contributed by atoms with Crippen molar-refractivity contribution in [3.63, 3.8) is 0 Å². The van der Waals surface area contributed by atoms with Gasteiger partial charge in [0.25, 0.3) is 0 Å². The molecule has 2 N–H and O–H groups in total. The highest BCUT2D eigenvalue weighted by molar-refractivity contribution is 5.85. The molecule has 1 aromatic rings. The topological polar surface area (TPSA) is 65.3 Å². The number of para-hydroxylation sites is 1. The summed E-state index contributed by atoms with van der Waals surface area (Å²) in [4.78, 5) is 0. The van der Waals surface area contributed by atoms with E-state index in [1.807, 2.05) is 20.8 Å². The molecule has 0 amide bonds. The third kappa shape index (κ3) is 5.93. The van der Waals surface area contributed by atoms with E-state index in [2.05, 4.69) is 11.4 Å². The molecular formula is C14H21ClN2O2. The molecule has 0 heterocycles. The first kappa shape index (κ1) is 17.7. The molecule has 106 valence electrons. The molecular weight excluding hydrogens is 264 g/mol. The monoisotopic (exact) mass is 284 g/mol. The van der Waals surface area contributed by atoms with Crippen LogP contribution >= 0.6 is 12.4 Å². The van der Waals surface area contributed by atoms with Crippen LogP contribution in [0.4, 0.5) is 0 Å². The van der Waals surface area contributed by atoms with Crippen molar-refractivity contribution in [3.05, 3.63) is 29.8 Å². The Bertz CT molecular complexity index is 418. The number of aliphatic hydroxyl groups is 1. The van der Waals surface area contributed by atoms with Gasteiger partial charge in [-0.3, -0.25) is 0 Å². The Balaban J connectivity index is 0.00000324. The van der Waals surface area contributed by atoms with Crippen LogP contribution in [0.15, 0.2) is 24.3 Å². The maximum atomic E-state index is 9.92. The van der Waals surface area contributed by atoms with Crippen LogP contribution in [0.3, 0.4) is 0 Å². The number of hydrogen-bond donors (Lipinski definition) is 2. The minimum Gasteiger partial charge on any atom is -0.489 e. The van der Waals surface area contributed by atoms with E-state index in [0.29, 0.717) is 17.4 Å². The van der Waals surface area contributed by atoms with E-state index < -0.39 is 6.10 Å². The number of aliphatic hydroxyl groups excluding tert-OH is 1. The first-order chi connectivity index (χ1) is 8.54. The summed E-state index contributed by atoms with van der Waals surface area (Å²) < 4.78 is 5.48. The number of benzene rings is 1. The molecule has 2 atom stereocenters. The molecule has 0 aromatic heterocycles. The van der Waals surface area contributed by atoms with Crippen LogP contribution in [0.5, 0.6) is 5.75 Å². The van der Waals surface area contributed by atoms with Crippen molar-refractivity contribution in [1.29, 1.82) is 5.26 Å². The third-order valence-electron chi connectivity index (χ3n) is 2.59. The summed E-state index contributed by atoms with van der Waals surface area (Å²) >= 11 is 0. The fraction of sp³-hybridized carbons (Fsp3) is 0.500. The average molecular weight is 285 g/mol. The standard InChI is InChI=1S/C14H20N2O2.ClH/c1-10(2)16-11(3)13(17)9-18-14-7-5-4-6-12(14)8-15;/h4-7,10-11,13,16-17H,9H2,1-3H3;1H. The lowest BCUT2D eigenvalue weighted by atomic mass is 10.1. The van der Waals surface area contributed by atoms with Crippen molar-refractivity contribution in [2.45, 2.75) is 39.0 Å². The Morgan fingerprint density at radius 2 is 1.95 bits per heavy atom. The summed E-state index contributed by atoms with van der Waals surface area (Å²) in [6.45, 7) is 6.12. The molecule has 0 aliphatic heterocycles. The van der Waals surface area contributed by atoms with Gasteiger partial charge in [-0.2, -0.15) is 5.26 Å². The molecule has 19 heavy (non-hydrogen) atoms. The molecule has 0 radical (unpaired) electrons. The molecule has 4 nitrogen and oxygen atoms in total. The molecule has 2 unspecified atom stereocenters. The van der Waals surface area contributed by atoms with E-state index in [9.17, 15) is 5.11 Å². The fourth-order valence-corrected chi connectivity index (χ4v) is 1.64. The van der Waals surface area contributed by atoms with E-state index in [0.717, 1.165) is 0 Å². The first-order valence-electron chi connectivity index (χ1n) is 6.10. The van der Waals surface area contributed by atoms with Gasteiger partial charge in [0.1, 0.15) is 24.5 Å². The summed E-state index contributed by atoms with van der Waals surface area (Å²) in [6, 6.07) is 9.32. The fourth-order valence-electron chi connectivity index (χ4n) is 1.64. The predicted molar refractivity (Wildman–Crippen MR) is 77.6 cm³/mol. The minimum absolute atomic E-state index is 0. The van der Waals surface area contributed by atoms with Gasteiger partial charge in [-0.05, 0) is 19.1 Å². The van der Waals surface area contributed by atoms with Crippen molar-refractivity contribution < 1.29 is 9.84 Å². The van der Waals surface area contributed by atoms with E-state index in [4.69, 9.17) is 10.00 Å². The number of rotatable bonds is 6. The third-order valence-corrected chi connectivity index (χ3v) is 2.59. The van der Waals surface area contributed by atoms with Crippen LogP contribution in [0.1, 0.15) is 26.3 Å². The highest BCUT2D eigenvalue weighted by Gasteiger charge is 2.16. The molecule has 1 aromatic carbocycles. The summed E-state index contributed by atoms with van der Waals surface area (Å²) in [7, 11) is 0. The Kier molecular flexibility index (Phi) is 8.17. The lowest BCUT2D eigenvalue weighted by molar-refractivity contribution is 0.0758. The van der Waals surface area contributed by atoms with Crippen molar-refractivity contribution in [2.75, 3.05) is 6.61 Å². The van der Waals surface area contributed by atoms with Crippen molar-refractivity contribution in [2.24, 2.45) is 0 Å². The Morgan fingerprint density at radius 1 is 1.32 bits per heavy atom. The Hall–Kier alpha value is -1.28. The number of hydrogen-bond acceptors (Lipinski definition) is 4. The second-order valence-corrected chi connectivity index (χ2v) is 4.60. The molecule has 0 aliphatic rings. The van der Waals surface area contributed by atoms with Crippen molar-refractivity contribution in [3.8, 4) is 11.8 Å². The Morgan fingerprint density at radius 3 is 2.53 bits per heavy atom. The van der Waals surface area contributed by atoms with Gasteiger partial charge in [0, 0.05) is 12.1 Å². The number of nitrogens with zero attached hydrogens (tertiary/aromatic N) is 1. The first-order valence-corrected chi connectivity index (χ1v) is 6.10. The lowest BCUT2D eigenvalue weighted by Gasteiger charge is -2.22. The van der Waals surface area contributed by atoms with Gasteiger partial charge in [0.2, 0.25) is 0 Å². The Labute approximate surface area is 120 Å². The molecule has 0 bridgehead atoms. The molecule has 0 saturated carbocycles. The zero-order valence-corrected chi connectivity index (χ0v) is 12.3.